The fourth-order valence-corrected chi connectivity index (χ4v) is 5.31. The van der Waals surface area contributed by atoms with Crippen molar-refractivity contribution in [3.8, 4) is 0 Å². The van der Waals surface area contributed by atoms with E-state index in [1.165, 1.54) is 50.6 Å². The third-order valence-corrected chi connectivity index (χ3v) is 6.58. The van der Waals surface area contributed by atoms with E-state index < -0.39 is 0 Å². The predicted octanol–water partition coefficient (Wildman–Crippen LogP) is 4.59. The first-order valence-corrected chi connectivity index (χ1v) is 10.00. The smallest absolute Gasteiger partial charge is 0.229 e. The molecule has 1 aromatic rings. The molecule has 1 saturated carbocycles. The van der Waals surface area contributed by atoms with Gasteiger partial charge in [-0.25, -0.2) is 0 Å². The van der Waals surface area contributed by atoms with Crippen LogP contribution in [-0.4, -0.2) is 31.3 Å². The normalized spacial score (nSPS) is 30.3. The van der Waals surface area contributed by atoms with Gasteiger partial charge in [0.05, 0.1) is 0 Å². The van der Waals surface area contributed by atoms with Gasteiger partial charge in [-0.05, 0) is 56.6 Å². The molecule has 3 nitrogen and oxygen atoms in total. The van der Waals surface area contributed by atoms with Crippen molar-refractivity contribution in [3.63, 3.8) is 0 Å². The van der Waals surface area contributed by atoms with Crippen LogP contribution in [0.3, 0.4) is 0 Å². The van der Waals surface area contributed by atoms with Crippen molar-refractivity contribution in [2.24, 2.45) is 17.8 Å². The quantitative estimate of drug-likeness (QED) is 0.755. The van der Waals surface area contributed by atoms with Gasteiger partial charge in [0.1, 0.15) is 12.0 Å². The molecule has 1 aromatic carbocycles. The van der Waals surface area contributed by atoms with Crippen molar-refractivity contribution >= 4 is 0 Å². The summed E-state index contributed by atoms with van der Waals surface area (Å²) >= 11 is 0. The molecule has 4 rings (SSSR count). The minimum atomic E-state index is 0.386. The first-order chi connectivity index (χ1) is 12.3. The zero-order chi connectivity index (χ0) is 17.1. The standard InChI is InChI=1S/C22H31NO2/c1-23-14-19(20-9-5-6-10-21(20)23)12-11-18(22-15-24-16-25-22)13-17-7-3-2-4-8-17/h2-4,7-8,15,18-21H,5-6,9-14,16H2,1H3. The first-order valence-electron chi connectivity index (χ1n) is 10.00. The molecule has 0 N–H and O–H groups in total. The van der Waals surface area contributed by atoms with Crippen LogP contribution in [0.5, 0.6) is 0 Å². The Kier molecular flexibility index (Phi) is 5.30. The summed E-state index contributed by atoms with van der Waals surface area (Å²) in [5, 5.41) is 0. The highest BCUT2D eigenvalue weighted by molar-refractivity contribution is 5.17. The second kappa shape index (κ2) is 7.82. The minimum Gasteiger partial charge on any atom is -0.462 e. The molecular weight excluding hydrogens is 310 g/mol. The number of benzene rings is 1. The monoisotopic (exact) mass is 341 g/mol. The Hall–Kier alpha value is -1.48. The van der Waals surface area contributed by atoms with Gasteiger partial charge < -0.3 is 14.4 Å². The van der Waals surface area contributed by atoms with Crippen LogP contribution in [0, 0.1) is 17.8 Å². The van der Waals surface area contributed by atoms with Crippen molar-refractivity contribution in [3.05, 3.63) is 47.9 Å². The molecule has 0 spiro atoms. The average molecular weight is 341 g/mol. The van der Waals surface area contributed by atoms with E-state index in [4.69, 9.17) is 9.47 Å². The lowest BCUT2D eigenvalue weighted by atomic mass is 9.77. The summed E-state index contributed by atoms with van der Waals surface area (Å²) in [7, 11) is 2.33. The van der Waals surface area contributed by atoms with Gasteiger partial charge in [0.15, 0.2) is 0 Å². The second-order valence-electron chi connectivity index (χ2n) is 8.13. The zero-order valence-corrected chi connectivity index (χ0v) is 15.4. The Bertz CT molecular complexity index is 585. The highest BCUT2D eigenvalue weighted by atomic mass is 16.7. The van der Waals surface area contributed by atoms with Gasteiger partial charge in [0.2, 0.25) is 6.79 Å². The van der Waals surface area contributed by atoms with Crippen molar-refractivity contribution in [2.75, 3.05) is 20.4 Å². The minimum absolute atomic E-state index is 0.386. The van der Waals surface area contributed by atoms with Crippen LogP contribution < -0.4 is 0 Å². The Morgan fingerprint density at radius 3 is 2.80 bits per heavy atom. The Morgan fingerprint density at radius 1 is 1.16 bits per heavy atom. The molecule has 0 radical (unpaired) electrons. The lowest BCUT2D eigenvalue weighted by Gasteiger charge is -2.31. The highest BCUT2D eigenvalue weighted by Gasteiger charge is 2.40. The molecule has 2 heterocycles. The number of nitrogens with zero attached hydrogens (tertiary/aromatic N) is 1. The van der Waals surface area contributed by atoms with E-state index in [-0.39, 0.29) is 0 Å². The van der Waals surface area contributed by atoms with Gasteiger partial charge in [0, 0.05) is 18.5 Å². The summed E-state index contributed by atoms with van der Waals surface area (Å²) in [6.45, 7) is 1.67. The van der Waals surface area contributed by atoms with Crippen LogP contribution in [0.15, 0.2) is 42.4 Å². The van der Waals surface area contributed by atoms with E-state index in [1.54, 1.807) is 0 Å². The van der Waals surface area contributed by atoms with Crippen LogP contribution in [0.25, 0.3) is 0 Å². The fourth-order valence-electron chi connectivity index (χ4n) is 5.31. The van der Waals surface area contributed by atoms with Gasteiger partial charge in [-0.2, -0.15) is 0 Å². The van der Waals surface area contributed by atoms with Crippen molar-refractivity contribution in [2.45, 2.75) is 51.0 Å². The molecule has 4 unspecified atom stereocenters. The summed E-state index contributed by atoms with van der Waals surface area (Å²) < 4.78 is 11.1. The molecule has 0 amide bonds. The molecule has 2 aliphatic heterocycles. The van der Waals surface area contributed by atoms with E-state index in [2.05, 4.69) is 42.3 Å². The largest absolute Gasteiger partial charge is 0.462 e. The van der Waals surface area contributed by atoms with Gasteiger partial charge in [0.25, 0.3) is 0 Å². The fraction of sp³-hybridized carbons (Fsp3) is 0.636. The number of hydrogen-bond donors (Lipinski definition) is 0. The number of fused-ring (bicyclic) bond motifs is 1. The second-order valence-corrected chi connectivity index (χ2v) is 8.13. The van der Waals surface area contributed by atoms with Gasteiger partial charge >= 0.3 is 0 Å². The number of allylic oxidation sites excluding steroid dienone is 1. The molecule has 4 atom stereocenters. The van der Waals surface area contributed by atoms with Crippen molar-refractivity contribution in [1.29, 1.82) is 0 Å². The van der Waals surface area contributed by atoms with E-state index in [9.17, 15) is 0 Å². The molecule has 25 heavy (non-hydrogen) atoms. The van der Waals surface area contributed by atoms with Gasteiger partial charge in [-0.1, -0.05) is 43.2 Å². The maximum absolute atomic E-state index is 5.76. The molecule has 3 heteroatoms. The van der Waals surface area contributed by atoms with Crippen LogP contribution in [0.1, 0.15) is 44.1 Å². The Morgan fingerprint density at radius 2 is 2.00 bits per heavy atom. The molecule has 2 fully saturated rings. The lowest BCUT2D eigenvalue weighted by Crippen LogP contribution is -2.31. The van der Waals surface area contributed by atoms with E-state index in [0.29, 0.717) is 12.7 Å². The number of ether oxygens (including phenoxy) is 2. The number of rotatable bonds is 6. The average Bonchev–Trinajstić information content (AvgIpc) is 3.29. The molecule has 1 saturated heterocycles. The Labute approximate surface area is 152 Å². The van der Waals surface area contributed by atoms with E-state index in [1.807, 2.05) is 6.26 Å². The summed E-state index contributed by atoms with van der Waals surface area (Å²) in [4.78, 5) is 2.63. The Balaban J connectivity index is 1.40. The first kappa shape index (κ1) is 17.0. The van der Waals surface area contributed by atoms with E-state index >= 15 is 0 Å². The van der Waals surface area contributed by atoms with Crippen LogP contribution in [-0.2, 0) is 15.9 Å². The summed E-state index contributed by atoms with van der Waals surface area (Å²) in [5.41, 5.74) is 1.39. The number of hydrogen-bond acceptors (Lipinski definition) is 3. The molecule has 0 aromatic heterocycles. The zero-order valence-electron chi connectivity index (χ0n) is 15.4. The van der Waals surface area contributed by atoms with E-state index in [0.717, 1.165) is 30.1 Å². The third kappa shape index (κ3) is 3.87. The predicted molar refractivity (Wildman–Crippen MR) is 99.9 cm³/mol. The van der Waals surface area contributed by atoms with Crippen LogP contribution in [0.4, 0.5) is 0 Å². The van der Waals surface area contributed by atoms with Crippen LogP contribution >= 0.6 is 0 Å². The number of likely N-dealkylation sites (tertiary alicyclic amines) is 1. The van der Waals surface area contributed by atoms with Gasteiger partial charge in [-0.3, -0.25) is 0 Å². The molecule has 136 valence electrons. The molecular formula is C22H31NO2. The highest BCUT2D eigenvalue weighted by Crippen LogP contribution is 2.42. The molecule has 0 bridgehead atoms. The maximum Gasteiger partial charge on any atom is 0.229 e. The summed E-state index contributed by atoms with van der Waals surface area (Å²) in [6.07, 6.45) is 11.1. The topological polar surface area (TPSA) is 21.7 Å². The third-order valence-electron chi connectivity index (χ3n) is 6.58. The van der Waals surface area contributed by atoms with Crippen molar-refractivity contribution in [1.82, 2.24) is 4.90 Å². The summed E-state index contributed by atoms with van der Waals surface area (Å²) in [5.74, 6) is 3.27. The van der Waals surface area contributed by atoms with Crippen LogP contribution in [0.2, 0.25) is 0 Å². The lowest BCUT2D eigenvalue weighted by molar-refractivity contribution is 0.0688. The SMILES string of the molecule is CN1CC(CCC(Cc2ccccc2)C2=COCO2)C2CCCCC21. The molecule has 3 aliphatic rings. The van der Waals surface area contributed by atoms with Crippen molar-refractivity contribution < 1.29 is 9.47 Å². The van der Waals surface area contributed by atoms with Gasteiger partial charge in [-0.15, -0.1) is 0 Å². The molecule has 1 aliphatic carbocycles. The summed E-state index contributed by atoms with van der Waals surface area (Å²) in [6, 6.07) is 11.6. The maximum atomic E-state index is 5.76.